The van der Waals surface area contributed by atoms with Crippen LogP contribution in [0.3, 0.4) is 0 Å². The van der Waals surface area contributed by atoms with Gasteiger partial charge in [-0.25, -0.2) is 0 Å². The first-order valence-electron chi connectivity index (χ1n) is 12.7. The molecule has 0 aliphatic heterocycles. The highest BCUT2D eigenvalue weighted by molar-refractivity contribution is 6.04. The highest BCUT2D eigenvalue weighted by Gasteiger charge is 2.14. The van der Waals surface area contributed by atoms with E-state index in [9.17, 15) is 4.79 Å². The van der Waals surface area contributed by atoms with Gasteiger partial charge >= 0.3 is 0 Å². The van der Waals surface area contributed by atoms with Crippen molar-refractivity contribution < 1.29 is 4.79 Å². The van der Waals surface area contributed by atoms with Gasteiger partial charge in [-0.05, 0) is 61.0 Å². The molecule has 4 aromatic rings. The molecule has 192 valence electrons. The summed E-state index contributed by atoms with van der Waals surface area (Å²) in [5.74, 6) is -0.103. The van der Waals surface area contributed by atoms with Crippen molar-refractivity contribution >= 4 is 23.0 Å². The van der Waals surface area contributed by atoms with Crippen LogP contribution in [0.4, 0.5) is 5.69 Å². The molecule has 0 atom stereocenters. The average molecular weight is 504 g/mol. The van der Waals surface area contributed by atoms with E-state index in [0.29, 0.717) is 25.2 Å². The van der Waals surface area contributed by atoms with Crippen molar-refractivity contribution in [2.24, 2.45) is 4.99 Å². The van der Waals surface area contributed by atoms with Gasteiger partial charge in [-0.2, -0.15) is 0 Å². The molecule has 1 aromatic heterocycles. The number of carbonyl (C=O) groups is 1. The van der Waals surface area contributed by atoms with Gasteiger partial charge in [-0.15, -0.1) is 0 Å². The smallest absolute Gasteiger partial charge is 0.251 e. The Morgan fingerprint density at radius 1 is 0.868 bits per heavy atom. The molecule has 1 heterocycles. The van der Waals surface area contributed by atoms with E-state index in [-0.39, 0.29) is 5.91 Å². The van der Waals surface area contributed by atoms with Crippen molar-refractivity contribution in [1.29, 1.82) is 0 Å². The molecule has 0 radical (unpaired) electrons. The van der Waals surface area contributed by atoms with E-state index in [1.165, 1.54) is 0 Å². The summed E-state index contributed by atoms with van der Waals surface area (Å²) in [6.07, 6.45) is 1.78. The summed E-state index contributed by atoms with van der Waals surface area (Å²) >= 11 is 0. The van der Waals surface area contributed by atoms with Gasteiger partial charge in [-0.1, -0.05) is 67.2 Å². The molecule has 0 fully saturated rings. The molecule has 0 aliphatic rings. The zero-order chi connectivity index (χ0) is 26.7. The lowest BCUT2D eigenvalue weighted by Gasteiger charge is -2.17. The van der Waals surface area contributed by atoms with Crippen molar-refractivity contribution in [3.05, 3.63) is 126 Å². The number of nitrogens with zero attached hydrogens (tertiary/aromatic N) is 2. The highest BCUT2D eigenvalue weighted by atomic mass is 16.1. The normalized spacial score (nSPS) is 11.2. The zero-order valence-corrected chi connectivity index (χ0v) is 21.9. The number of carbonyl (C=O) groups excluding carboxylic acids is 1. The summed E-state index contributed by atoms with van der Waals surface area (Å²) in [5.41, 5.74) is 7.83. The number of amides is 1. The Morgan fingerprint density at radius 2 is 1.63 bits per heavy atom. The highest BCUT2D eigenvalue weighted by Crippen LogP contribution is 2.35. The second-order valence-corrected chi connectivity index (χ2v) is 8.86. The molecule has 1 amide bonds. The molecule has 0 bridgehead atoms. The third-order valence-electron chi connectivity index (χ3n) is 6.13. The van der Waals surface area contributed by atoms with Crippen LogP contribution in [0.1, 0.15) is 34.1 Å². The van der Waals surface area contributed by atoms with E-state index >= 15 is 0 Å². The van der Waals surface area contributed by atoms with Crippen molar-refractivity contribution in [2.45, 2.75) is 13.5 Å². The molecule has 6 heteroatoms. The van der Waals surface area contributed by atoms with Gasteiger partial charge in [0.2, 0.25) is 0 Å². The Balaban J connectivity index is 1.68. The zero-order valence-electron chi connectivity index (χ0n) is 21.9. The number of aromatic nitrogens is 1. The predicted molar refractivity (Wildman–Crippen MR) is 157 cm³/mol. The maximum Gasteiger partial charge on any atom is 0.251 e. The van der Waals surface area contributed by atoms with Gasteiger partial charge in [0.05, 0.1) is 17.9 Å². The molecular formula is C32H33N5O. The standard InChI is InChI=1S/C32H33N5O/c1-23(26-13-9-14-27(21-26)32(38)35-20-19-33-3)37-30-17-10-16-29(25-11-5-4-6-12-25)31(30)24(2)36-22-28-15-7-8-18-34-28/h4-18,21,33,36H,2,19-20,22H2,1,3H3,(H,35,38). The van der Waals surface area contributed by atoms with Crippen LogP contribution in [0.25, 0.3) is 16.8 Å². The Hall–Kier alpha value is -4.55. The second kappa shape index (κ2) is 13.1. The van der Waals surface area contributed by atoms with Crippen LogP contribution >= 0.6 is 0 Å². The van der Waals surface area contributed by atoms with Gasteiger partial charge in [-0.3, -0.25) is 14.8 Å². The number of aliphatic imine (C=N–C) groups is 1. The molecule has 0 aliphatic carbocycles. The van der Waals surface area contributed by atoms with Crippen LogP contribution < -0.4 is 16.0 Å². The fraction of sp³-hybridized carbons (Fsp3) is 0.156. The van der Waals surface area contributed by atoms with E-state index in [1.807, 2.05) is 86.8 Å². The van der Waals surface area contributed by atoms with Crippen LogP contribution in [0.15, 0.2) is 109 Å². The van der Waals surface area contributed by atoms with Gasteiger partial charge in [0.1, 0.15) is 0 Å². The van der Waals surface area contributed by atoms with Gasteiger partial charge in [0.25, 0.3) is 5.91 Å². The van der Waals surface area contributed by atoms with Crippen molar-refractivity contribution in [2.75, 3.05) is 20.1 Å². The molecule has 0 saturated carbocycles. The minimum Gasteiger partial charge on any atom is -0.379 e. The van der Waals surface area contributed by atoms with E-state index in [1.54, 1.807) is 6.20 Å². The lowest BCUT2D eigenvalue weighted by molar-refractivity contribution is 0.0954. The maximum absolute atomic E-state index is 12.6. The van der Waals surface area contributed by atoms with Crippen molar-refractivity contribution in [3.8, 4) is 11.1 Å². The lowest BCUT2D eigenvalue weighted by Crippen LogP contribution is -2.30. The third-order valence-corrected chi connectivity index (χ3v) is 6.13. The summed E-state index contributed by atoms with van der Waals surface area (Å²) in [7, 11) is 1.86. The molecule has 38 heavy (non-hydrogen) atoms. The first-order valence-corrected chi connectivity index (χ1v) is 12.7. The van der Waals surface area contributed by atoms with Gasteiger partial charge < -0.3 is 16.0 Å². The van der Waals surface area contributed by atoms with E-state index in [4.69, 9.17) is 4.99 Å². The summed E-state index contributed by atoms with van der Waals surface area (Å²) in [4.78, 5) is 22.0. The number of nitrogens with one attached hydrogen (secondary N) is 3. The Kier molecular flexibility index (Phi) is 9.16. The molecule has 0 unspecified atom stereocenters. The van der Waals surface area contributed by atoms with E-state index in [0.717, 1.165) is 45.0 Å². The van der Waals surface area contributed by atoms with Crippen molar-refractivity contribution in [3.63, 3.8) is 0 Å². The van der Waals surface area contributed by atoms with Crippen LogP contribution in [-0.2, 0) is 6.54 Å². The second-order valence-electron chi connectivity index (χ2n) is 8.86. The minimum atomic E-state index is -0.103. The Morgan fingerprint density at radius 3 is 2.39 bits per heavy atom. The maximum atomic E-state index is 12.6. The first-order chi connectivity index (χ1) is 18.6. The van der Waals surface area contributed by atoms with Crippen LogP contribution in [0.2, 0.25) is 0 Å². The monoisotopic (exact) mass is 503 g/mol. The number of hydrogen-bond donors (Lipinski definition) is 3. The third kappa shape index (κ3) is 6.81. The van der Waals surface area contributed by atoms with E-state index in [2.05, 4.69) is 45.7 Å². The predicted octanol–water partition coefficient (Wildman–Crippen LogP) is 5.60. The number of pyridine rings is 1. The Labute approximate surface area is 224 Å². The summed E-state index contributed by atoms with van der Waals surface area (Å²) in [6.45, 7) is 8.16. The lowest BCUT2D eigenvalue weighted by atomic mass is 9.96. The van der Waals surface area contributed by atoms with Crippen LogP contribution in [0.5, 0.6) is 0 Å². The molecule has 0 spiro atoms. The fourth-order valence-corrected chi connectivity index (χ4v) is 4.13. The molecule has 3 aromatic carbocycles. The number of likely N-dealkylation sites (N-methyl/N-ethyl adjacent to an activating group) is 1. The molecule has 3 N–H and O–H groups in total. The SMILES string of the molecule is C=C(NCc1ccccn1)c1c(N=C(C)c2cccc(C(=O)NCCNC)c2)cccc1-c1ccccc1. The topological polar surface area (TPSA) is 78.4 Å². The summed E-state index contributed by atoms with van der Waals surface area (Å²) in [6, 6.07) is 29.7. The largest absolute Gasteiger partial charge is 0.379 e. The first kappa shape index (κ1) is 26.5. The molecule has 4 rings (SSSR count). The minimum absolute atomic E-state index is 0.103. The number of rotatable bonds is 11. The van der Waals surface area contributed by atoms with Gasteiger partial charge in [0, 0.05) is 41.8 Å². The van der Waals surface area contributed by atoms with Crippen LogP contribution in [0, 0.1) is 0 Å². The van der Waals surface area contributed by atoms with Crippen molar-refractivity contribution in [1.82, 2.24) is 20.9 Å². The summed E-state index contributed by atoms with van der Waals surface area (Å²) in [5, 5.41) is 9.40. The fourth-order valence-electron chi connectivity index (χ4n) is 4.13. The quantitative estimate of drug-likeness (QED) is 0.184. The van der Waals surface area contributed by atoms with Gasteiger partial charge in [0.15, 0.2) is 0 Å². The Bertz CT molecular complexity index is 1410. The number of hydrogen-bond acceptors (Lipinski definition) is 5. The number of benzene rings is 3. The molecule has 6 nitrogen and oxygen atoms in total. The molecular weight excluding hydrogens is 470 g/mol. The summed E-state index contributed by atoms with van der Waals surface area (Å²) < 4.78 is 0. The van der Waals surface area contributed by atoms with E-state index < -0.39 is 0 Å². The van der Waals surface area contributed by atoms with Crippen LogP contribution in [-0.4, -0.2) is 36.7 Å². The average Bonchev–Trinajstić information content (AvgIpc) is 2.97. The molecule has 0 saturated heterocycles.